The molecular formula is C27H34N4O4S. The molecule has 1 aliphatic rings. The molecule has 1 fully saturated rings. The van der Waals surface area contributed by atoms with Crippen molar-refractivity contribution in [2.24, 2.45) is 4.99 Å². The standard InChI is InChI=1S/C27H34N4O4S/c1-5-6-15-24(29-20-28-22-12-8-7-9-13-22)26(33)31-17-16-30(19-27(31,2)3)25(32)21-11-10-14-23(18-21)36(4,34)35/h7-15,18,20H,5-6,16-17,19H2,1-4H3,(H,28,29)/b24-15+. The highest BCUT2D eigenvalue weighted by atomic mass is 32.2. The number of sulfone groups is 1. The lowest BCUT2D eigenvalue weighted by atomic mass is 9.97. The molecule has 2 aromatic rings. The Morgan fingerprint density at radius 3 is 2.44 bits per heavy atom. The van der Waals surface area contributed by atoms with E-state index in [0.29, 0.717) is 30.9 Å². The van der Waals surface area contributed by atoms with Crippen LogP contribution in [0, 0.1) is 0 Å². The number of amides is 2. The fraction of sp³-hybridized carbons (Fsp3) is 0.370. The van der Waals surface area contributed by atoms with Crippen LogP contribution in [0.1, 0.15) is 44.0 Å². The van der Waals surface area contributed by atoms with E-state index in [9.17, 15) is 18.0 Å². The lowest BCUT2D eigenvalue weighted by Crippen LogP contribution is -2.62. The van der Waals surface area contributed by atoms with E-state index < -0.39 is 15.4 Å². The van der Waals surface area contributed by atoms with Gasteiger partial charge in [0.25, 0.3) is 11.8 Å². The minimum Gasteiger partial charge on any atom is -0.346 e. The number of hydrogen-bond donors (Lipinski definition) is 1. The summed E-state index contributed by atoms with van der Waals surface area (Å²) in [5.41, 5.74) is 0.895. The Hall–Kier alpha value is -3.46. The summed E-state index contributed by atoms with van der Waals surface area (Å²) in [4.78, 5) is 34.6. The van der Waals surface area contributed by atoms with Crippen molar-refractivity contribution in [1.82, 2.24) is 9.80 Å². The van der Waals surface area contributed by atoms with E-state index in [1.807, 2.05) is 57.2 Å². The van der Waals surface area contributed by atoms with Crippen molar-refractivity contribution in [2.75, 3.05) is 31.2 Å². The Kier molecular flexibility index (Phi) is 8.68. The van der Waals surface area contributed by atoms with Gasteiger partial charge in [0.1, 0.15) is 5.70 Å². The minimum atomic E-state index is -3.42. The molecule has 0 saturated carbocycles. The second-order valence-electron chi connectivity index (χ2n) is 9.44. The summed E-state index contributed by atoms with van der Waals surface area (Å²) in [7, 11) is -3.42. The van der Waals surface area contributed by atoms with Crippen molar-refractivity contribution >= 4 is 33.7 Å². The number of benzene rings is 2. The van der Waals surface area contributed by atoms with Crippen LogP contribution in [-0.4, -0.2) is 67.8 Å². The number of para-hydroxylation sites is 1. The lowest BCUT2D eigenvalue weighted by molar-refractivity contribution is -0.135. The summed E-state index contributed by atoms with van der Waals surface area (Å²) in [6.45, 7) is 6.87. The maximum atomic E-state index is 13.5. The summed E-state index contributed by atoms with van der Waals surface area (Å²) in [5.74, 6) is -0.446. The number of rotatable bonds is 8. The molecule has 1 N–H and O–H groups in total. The first kappa shape index (κ1) is 27.1. The fourth-order valence-corrected chi connectivity index (χ4v) is 4.74. The smallest absolute Gasteiger partial charge is 0.272 e. The number of unbranched alkanes of at least 4 members (excludes halogenated alkanes) is 1. The normalized spacial score (nSPS) is 16.3. The highest BCUT2D eigenvalue weighted by Gasteiger charge is 2.39. The van der Waals surface area contributed by atoms with Crippen LogP contribution in [0.15, 0.2) is 76.3 Å². The Morgan fingerprint density at radius 2 is 1.81 bits per heavy atom. The topological polar surface area (TPSA) is 99.2 Å². The predicted octanol–water partition coefficient (Wildman–Crippen LogP) is 3.98. The number of anilines is 1. The number of nitrogens with zero attached hydrogens (tertiary/aromatic N) is 3. The largest absolute Gasteiger partial charge is 0.346 e. The molecule has 0 atom stereocenters. The molecule has 0 spiro atoms. The SMILES string of the molecule is CCC/C=C(/N=CNc1ccccc1)C(=O)N1CCN(C(=O)c2cccc(S(C)(=O)=O)c2)CC1(C)C. The van der Waals surface area contributed by atoms with Gasteiger partial charge in [-0.1, -0.05) is 43.7 Å². The molecule has 8 nitrogen and oxygen atoms in total. The van der Waals surface area contributed by atoms with Gasteiger partial charge in [-0.15, -0.1) is 0 Å². The molecule has 2 aromatic carbocycles. The maximum Gasteiger partial charge on any atom is 0.272 e. The van der Waals surface area contributed by atoms with Gasteiger partial charge in [0.05, 0.1) is 16.8 Å². The van der Waals surface area contributed by atoms with Crippen LogP contribution in [0.4, 0.5) is 5.69 Å². The molecule has 3 rings (SSSR count). The third-order valence-electron chi connectivity index (χ3n) is 6.00. The highest BCUT2D eigenvalue weighted by molar-refractivity contribution is 7.90. The summed E-state index contributed by atoms with van der Waals surface area (Å²) in [5, 5.41) is 3.09. The fourth-order valence-electron chi connectivity index (χ4n) is 4.07. The molecule has 1 heterocycles. The minimum absolute atomic E-state index is 0.106. The third kappa shape index (κ3) is 6.81. The number of hydrogen-bond acceptors (Lipinski definition) is 5. The molecule has 192 valence electrons. The Balaban J connectivity index is 1.74. The van der Waals surface area contributed by atoms with Crippen LogP contribution >= 0.6 is 0 Å². The number of allylic oxidation sites excluding steroid dienone is 1. The summed E-state index contributed by atoms with van der Waals surface area (Å²) in [6, 6.07) is 15.6. The zero-order valence-corrected chi connectivity index (χ0v) is 22.1. The van der Waals surface area contributed by atoms with Gasteiger partial charge in [-0.2, -0.15) is 0 Å². The van der Waals surface area contributed by atoms with Crippen LogP contribution in [0.3, 0.4) is 0 Å². The van der Waals surface area contributed by atoms with Crippen molar-refractivity contribution in [1.29, 1.82) is 0 Å². The second kappa shape index (κ2) is 11.5. The Bertz CT molecular complexity index is 1250. The van der Waals surface area contributed by atoms with E-state index in [4.69, 9.17) is 0 Å². The Morgan fingerprint density at radius 1 is 1.08 bits per heavy atom. The van der Waals surface area contributed by atoms with Gasteiger partial charge in [-0.25, -0.2) is 13.4 Å². The van der Waals surface area contributed by atoms with Gasteiger partial charge in [0, 0.05) is 37.1 Å². The van der Waals surface area contributed by atoms with Crippen LogP contribution in [0.2, 0.25) is 0 Å². The maximum absolute atomic E-state index is 13.5. The van der Waals surface area contributed by atoms with E-state index in [1.165, 1.54) is 18.5 Å². The second-order valence-corrected chi connectivity index (χ2v) is 11.5. The van der Waals surface area contributed by atoms with E-state index in [0.717, 1.165) is 24.8 Å². The van der Waals surface area contributed by atoms with Crippen molar-refractivity contribution < 1.29 is 18.0 Å². The summed E-state index contributed by atoms with van der Waals surface area (Å²) < 4.78 is 23.8. The number of nitrogens with one attached hydrogen (secondary N) is 1. The van der Waals surface area contributed by atoms with E-state index >= 15 is 0 Å². The van der Waals surface area contributed by atoms with Crippen molar-refractivity contribution in [3.63, 3.8) is 0 Å². The molecule has 1 aliphatic heterocycles. The van der Waals surface area contributed by atoms with Gasteiger partial charge >= 0.3 is 0 Å². The van der Waals surface area contributed by atoms with Gasteiger partial charge in [0.15, 0.2) is 9.84 Å². The van der Waals surface area contributed by atoms with Gasteiger partial charge in [-0.3, -0.25) is 9.59 Å². The van der Waals surface area contributed by atoms with Crippen LogP contribution in [0.25, 0.3) is 0 Å². The first-order valence-corrected chi connectivity index (χ1v) is 13.9. The molecule has 0 aromatic heterocycles. The number of carbonyl (C=O) groups is 2. The monoisotopic (exact) mass is 510 g/mol. The summed E-state index contributed by atoms with van der Waals surface area (Å²) in [6.07, 6.45) is 6.09. The number of carbonyl (C=O) groups excluding carboxylic acids is 2. The number of piperazine rings is 1. The zero-order valence-electron chi connectivity index (χ0n) is 21.3. The van der Waals surface area contributed by atoms with Gasteiger partial charge in [0.2, 0.25) is 0 Å². The van der Waals surface area contributed by atoms with Gasteiger partial charge < -0.3 is 15.1 Å². The van der Waals surface area contributed by atoms with E-state index in [1.54, 1.807) is 21.9 Å². The Labute approximate surface area is 213 Å². The van der Waals surface area contributed by atoms with E-state index in [-0.39, 0.29) is 16.7 Å². The zero-order chi connectivity index (χ0) is 26.3. The van der Waals surface area contributed by atoms with Crippen LogP contribution in [0.5, 0.6) is 0 Å². The first-order valence-electron chi connectivity index (χ1n) is 12.0. The first-order chi connectivity index (χ1) is 17.0. The molecule has 2 amide bonds. The molecule has 9 heteroatoms. The van der Waals surface area contributed by atoms with Crippen LogP contribution in [-0.2, 0) is 14.6 Å². The predicted molar refractivity (Wildman–Crippen MR) is 143 cm³/mol. The lowest BCUT2D eigenvalue weighted by Gasteiger charge is -2.47. The average Bonchev–Trinajstić information content (AvgIpc) is 2.85. The molecule has 0 aliphatic carbocycles. The third-order valence-corrected chi connectivity index (χ3v) is 7.11. The van der Waals surface area contributed by atoms with Crippen LogP contribution < -0.4 is 5.32 Å². The highest BCUT2D eigenvalue weighted by Crippen LogP contribution is 2.25. The molecule has 0 radical (unpaired) electrons. The average molecular weight is 511 g/mol. The molecule has 36 heavy (non-hydrogen) atoms. The molecular weight excluding hydrogens is 476 g/mol. The molecule has 0 bridgehead atoms. The molecule has 0 unspecified atom stereocenters. The van der Waals surface area contributed by atoms with Gasteiger partial charge in [-0.05, 0) is 50.6 Å². The number of aliphatic imine (C=N–C) groups is 1. The van der Waals surface area contributed by atoms with Crippen molar-refractivity contribution in [2.45, 2.75) is 44.0 Å². The molecule has 1 saturated heterocycles. The van der Waals surface area contributed by atoms with E-state index in [2.05, 4.69) is 10.3 Å². The van der Waals surface area contributed by atoms with Crippen molar-refractivity contribution in [3.05, 3.63) is 71.9 Å². The summed E-state index contributed by atoms with van der Waals surface area (Å²) >= 11 is 0. The quantitative estimate of drug-likeness (QED) is 0.329. The van der Waals surface area contributed by atoms with Crippen molar-refractivity contribution in [3.8, 4) is 0 Å².